The van der Waals surface area contributed by atoms with E-state index in [9.17, 15) is 14.0 Å². The Morgan fingerprint density at radius 3 is 2.85 bits per heavy atom. The number of carbonyl (C=O) groups excluding carboxylic acids is 1. The van der Waals surface area contributed by atoms with Crippen molar-refractivity contribution in [1.29, 1.82) is 0 Å². The number of fused-ring (bicyclic) bond motifs is 1. The Morgan fingerprint density at radius 1 is 1.33 bits per heavy atom. The van der Waals surface area contributed by atoms with Crippen molar-refractivity contribution in [2.24, 2.45) is 0 Å². The molecule has 1 heterocycles. The smallest absolute Gasteiger partial charge is 0.266 e. The van der Waals surface area contributed by atoms with E-state index in [0.717, 1.165) is 11.8 Å². The van der Waals surface area contributed by atoms with Crippen molar-refractivity contribution in [2.45, 2.75) is 5.16 Å². The highest BCUT2D eigenvalue weighted by molar-refractivity contribution is 7.99. The first kappa shape index (κ1) is 19.1. The summed E-state index contributed by atoms with van der Waals surface area (Å²) >= 11 is 6.99. The van der Waals surface area contributed by atoms with E-state index in [4.69, 9.17) is 11.6 Å². The van der Waals surface area contributed by atoms with E-state index in [1.807, 2.05) is 0 Å². The van der Waals surface area contributed by atoms with Crippen molar-refractivity contribution >= 4 is 40.2 Å². The van der Waals surface area contributed by atoms with E-state index in [0.29, 0.717) is 28.3 Å². The van der Waals surface area contributed by atoms with Gasteiger partial charge >= 0.3 is 0 Å². The molecule has 0 fully saturated rings. The highest BCUT2D eigenvalue weighted by Gasteiger charge is 2.15. The van der Waals surface area contributed by atoms with Crippen LogP contribution in [0.5, 0.6) is 0 Å². The minimum atomic E-state index is -0.583. The molecule has 0 unspecified atom stereocenters. The number of halogens is 2. The van der Waals surface area contributed by atoms with Crippen LogP contribution in [0.25, 0.3) is 16.6 Å². The van der Waals surface area contributed by atoms with Crippen molar-refractivity contribution in [1.82, 2.24) is 14.9 Å². The Hall–Kier alpha value is -2.64. The van der Waals surface area contributed by atoms with Gasteiger partial charge in [-0.05, 0) is 30.3 Å². The standard InChI is InChI=1S/C19H15ClFN3O2S/c1-2-9-22-17(25)11-27-19-23-16-6-4-3-5-13(16)18(26)24(19)12-7-8-15(21)14(20)10-12/h2-8,10H,1,9,11H2,(H,22,25). The zero-order valence-corrected chi connectivity index (χ0v) is 15.7. The van der Waals surface area contributed by atoms with Gasteiger partial charge in [0.15, 0.2) is 5.16 Å². The third kappa shape index (κ3) is 4.20. The summed E-state index contributed by atoms with van der Waals surface area (Å²) in [7, 11) is 0. The molecule has 27 heavy (non-hydrogen) atoms. The van der Waals surface area contributed by atoms with Crippen molar-refractivity contribution in [2.75, 3.05) is 12.3 Å². The molecule has 3 aromatic rings. The molecule has 0 bridgehead atoms. The fraction of sp³-hybridized carbons (Fsp3) is 0.105. The van der Waals surface area contributed by atoms with Gasteiger partial charge in [0.2, 0.25) is 5.91 Å². The Kier molecular flexibility index (Phi) is 5.93. The first-order valence-electron chi connectivity index (χ1n) is 7.99. The number of nitrogens with one attached hydrogen (secondary N) is 1. The number of para-hydroxylation sites is 1. The molecule has 1 N–H and O–H groups in total. The number of hydrogen-bond donors (Lipinski definition) is 1. The summed E-state index contributed by atoms with van der Waals surface area (Å²) in [5.74, 6) is -0.737. The van der Waals surface area contributed by atoms with Crippen LogP contribution in [-0.2, 0) is 4.79 Å². The van der Waals surface area contributed by atoms with E-state index in [1.54, 1.807) is 30.3 Å². The molecule has 138 valence electrons. The molecule has 3 rings (SSSR count). The monoisotopic (exact) mass is 403 g/mol. The molecule has 1 amide bonds. The molecule has 0 saturated carbocycles. The van der Waals surface area contributed by atoms with Gasteiger partial charge in [0.25, 0.3) is 5.56 Å². The number of thioether (sulfide) groups is 1. The molecular formula is C19H15ClFN3O2S. The van der Waals surface area contributed by atoms with Crippen LogP contribution in [0.15, 0.2) is 65.1 Å². The molecule has 2 aromatic carbocycles. The van der Waals surface area contributed by atoms with E-state index in [1.165, 1.54) is 22.8 Å². The molecule has 8 heteroatoms. The van der Waals surface area contributed by atoms with E-state index in [-0.39, 0.29) is 22.2 Å². The number of rotatable bonds is 6. The predicted octanol–water partition coefficient (Wildman–Crippen LogP) is 3.57. The van der Waals surface area contributed by atoms with Crippen LogP contribution in [0.3, 0.4) is 0 Å². The van der Waals surface area contributed by atoms with Crippen LogP contribution in [0.4, 0.5) is 4.39 Å². The number of amides is 1. The van der Waals surface area contributed by atoms with E-state index < -0.39 is 5.82 Å². The second kappa shape index (κ2) is 8.37. The molecule has 0 radical (unpaired) electrons. The average Bonchev–Trinajstić information content (AvgIpc) is 2.67. The maximum Gasteiger partial charge on any atom is 0.266 e. The van der Waals surface area contributed by atoms with Gasteiger partial charge in [-0.25, -0.2) is 9.37 Å². The average molecular weight is 404 g/mol. The molecule has 1 aromatic heterocycles. The fourth-order valence-electron chi connectivity index (χ4n) is 2.43. The van der Waals surface area contributed by atoms with E-state index in [2.05, 4.69) is 16.9 Å². The van der Waals surface area contributed by atoms with Crippen molar-refractivity contribution in [3.63, 3.8) is 0 Å². The summed E-state index contributed by atoms with van der Waals surface area (Å²) in [5.41, 5.74) is 0.567. The third-order valence-electron chi connectivity index (χ3n) is 3.68. The summed E-state index contributed by atoms with van der Waals surface area (Å²) in [5, 5.41) is 3.29. The number of nitrogens with zero attached hydrogens (tertiary/aromatic N) is 2. The van der Waals surface area contributed by atoms with Gasteiger partial charge < -0.3 is 5.32 Å². The van der Waals surface area contributed by atoms with Gasteiger partial charge in [0, 0.05) is 6.54 Å². The topological polar surface area (TPSA) is 64.0 Å². The summed E-state index contributed by atoms with van der Waals surface area (Å²) < 4.78 is 14.9. The fourth-order valence-corrected chi connectivity index (χ4v) is 3.45. The largest absolute Gasteiger partial charge is 0.352 e. The molecule has 0 aliphatic rings. The normalized spacial score (nSPS) is 10.7. The van der Waals surface area contributed by atoms with Gasteiger partial charge in [0.1, 0.15) is 5.82 Å². The van der Waals surface area contributed by atoms with Crippen LogP contribution in [-0.4, -0.2) is 27.8 Å². The molecule has 0 aliphatic carbocycles. The number of aromatic nitrogens is 2. The van der Waals surface area contributed by atoms with Gasteiger partial charge in [-0.1, -0.05) is 41.6 Å². The quantitative estimate of drug-likeness (QED) is 0.388. The zero-order chi connectivity index (χ0) is 19.4. The minimum Gasteiger partial charge on any atom is -0.352 e. The van der Waals surface area contributed by atoms with Crippen LogP contribution in [0, 0.1) is 5.82 Å². The van der Waals surface area contributed by atoms with Crippen LogP contribution in [0.1, 0.15) is 0 Å². The second-order valence-corrected chi connectivity index (χ2v) is 6.88. The lowest BCUT2D eigenvalue weighted by atomic mass is 10.2. The van der Waals surface area contributed by atoms with Crippen LogP contribution >= 0.6 is 23.4 Å². The summed E-state index contributed by atoms with van der Waals surface area (Å²) in [6.07, 6.45) is 1.58. The first-order valence-corrected chi connectivity index (χ1v) is 9.35. The second-order valence-electron chi connectivity index (χ2n) is 5.53. The van der Waals surface area contributed by atoms with Crippen molar-refractivity contribution in [3.05, 3.63) is 76.3 Å². The highest BCUT2D eigenvalue weighted by atomic mass is 35.5. The van der Waals surface area contributed by atoms with Gasteiger partial charge in [0.05, 0.1) is 27.4 Å². The van der Waals surface area contributed by atoms with Gasteiger partial charge in [-0.2, -0.15) is 0 Å². The summed E-state index contributed by atoms with van der Waals surface area (Å²) in [6, 6.07) is 10.9. The Bertz CT molecular complexity index is 1080. The molecule has 0 spiro atoms. The number of benzene rings is 2. The molecule has 0 atom stereocenters. The SMILES string of the molecule is C=CCNC(=O)CSc1nc2ccccc2c(=O)n1-c1ccc(F)c(Cl)c1. The summed E-state index contributed by atoms with van der Waals surface area (Å²) in [6.45, 7) is 3.90. The maximum absolute atomic E-state index is 13.5. The lowest BCUT2D eigenvalue weighted by molar-refractivity contribution is -0.118. The van der Waals surface area contributed by atoms with Crippen molar-refractivity contribution in [3.8, 4) is 5.69 Å². The Labute approximate surface area is 163 Å². The maximum atomic E-state index is 13.5. The van der Waals surface area contributed by atoms with Crippen LogP contribution in [0.2, 0.25) is 5.02 Å². The summed E-state index contributed by atoms with van der Waals surface area (Å²) in [4.78, 5) is 29.4. The lowest BCUT2D eigenvalue weighted by Crippen LogP contribution is -2.26. The van der Waals surface area contributed by atoms with Crippen LogP contribution < -0.4 is 10.9 Å². The molecule has 5 nitrogen and oxygen atoms in total. The number of hydrogen-bond acceptors (Lipinski definition) is 4. The zero-order valence-electron chi connectivity index (χ0n) is 14.1. The number of carbonyl (C=O) groups is 1. The molecule has 0 aliphatic heterocycles. The Balaban J connectivity index is 2.09. The predicted molar refractivity (Wildman–Crippen MR) is 106 cm³/mol. The lowest BCUT2D eigenvalue weighted by Gasteiger charge is -2.13. The van der Waals surface area contributed by atoms with Crippen molar-refractivity contribution < 1.29 is 9.18 Å². The Morgan fingerprint density at radius 2 is 2.11 bits per heavy atom. The highest BCUT2D eigenvalue weighted by Crippen LogP contribution is 2.24. The molecular weight excluding hydrogens is 389 g/mol. The third-order valence-corrected chi connectivity index (χ3v) is 4.91. The van der Waals surface area contributed by atoms with Gasteiger partial charge in [-0.15, -0.1) is 6.58 Å². The minimum absolute atomic E-state index is 0.0630. The van der Waals surface area contributed by atoms with E-state index >= 15 is 0 Å². The molecule has 0 saturated heterocycles. The van der Waals surface area contributed by atoms with Gasteiger partial charge in [-0.3, -0.25) is 14.2 Å². The first-order chi connectivity index (χ1) is 13.0.